The highest BCUT2D eigenvalue weighted by Gasteiger charge is 2.30. The quantitative estimate of drug-likeness (QED) is 0.642. The fourth-order valence-electron chi connectivity index (χ4n) is 4.28. The van der Waals surface area contributed by atoms with Gasteiger partial charge in [-0.15, -0.1) is 11.3 Å². The Morgan fingerprint density at radius 2 is 2.00 bits per heavy atom. The van der Waals surface area contributed by atoms with E-state index in [2.05, 4.69) is 41.4 Å². The number of rotatable bonds is 6. The number of anilines is 1. The molecule has 7 heteroatoms. The zero-order valence-corrected chi connectivity index (χ0v) is 18.7. The second kappa shape index (κ2) is 8.46. The van der Waals surface area contributed by atoms with Crippen LogP contribution in [0.15, 0.2) is 40.5 Å². The van der Waals surface area contributed by atoms with E-state index in [1.165, 1.54) is 29.7 Å². The Balaban J connectivity index is 1.45. The molecule has 1 amide bonds. The van der Waals surface area contributed by atoms with E-state index in [1.807, 2.05) is 11.4 Å². The van der Waals surface area contributed by atoms with Crippen LogP contribution in [0.25, 0.3) is 10.2 Å². The second-order valence-corrected chi connectivity index (χ2v) is 9.81. The summed E-state index contributed by atoms with van der Waals surface area (Å²) in [6.45, 7) is 4.74. The van der Waals surface area contributed by atoms with Crippen molar-refractivity contribution in [3.05, 3.63) is 57.2 Å². The van der Waals surface area contributed by atoms with E-state index >= 15 is 0 Å². The molecule has 0 bridgehead atoms. The van der Waals surface area contributed by atoms with Crippen LogP contribution in [0.1, 0.15) is 36.8 Å². The van der Waals surface area contributed by atoms with Gasteiger partial charge in [-0.3, -0.25) is 14.2 Å². The van der Waals surface area contributed by atoms with E-state index in [-0.39, 0.29) is 17.4 Å². The standard InChI is InChI=1S/C24H28N4O2S/c1-16-4-6-18(7-5-16)14-28-23(30)21-20(10-12-31-21)26-24(28)27-11-2-3-19(15-27)22(29)25-13-17-8-9-17/h4-7,10,12,17,19H,2-3,8-9,11,13-15H2,1H3,(H,25,29)/t19-/m0/s1. The average Bonchev–Trinajstić information content (AvgIpc) is 3.50. The predicted molar refractivity (Wildman–Crippen MR) is 125 cm³/mol. The topological polar surface area (TPSA) is 67.2 Å². The smallest absolute Gasteiger partial charge is 0.273 e. The first kappa shape index (κ1) is 20.2. The van der Waals surface area contributed by atoms with Crippen LogP contribution in [0.3, 0.4) is 0 Å². The van der Waals surface area contributed by atoms with Crippen molar-refractivity contribution in [3.8, 4) is 0 Å². The first-order valence-corrected chi connectivity index (χ1v) is 12.0. The van der Waals surface area contributed by atoms with E-state index in [1.54, 1.807) is 4.57 Å². The third-order valence-electron chi connectivity index (χ3n) is 6.34. The Bertz CT molecular complexity index is 1150. The van der Waals surface area contributed by atoms with Crippen LogP contribution in [-0.4, -0.2) is 35.1 Å². The summed E-state index contributed by atoms with van der Waals surface area (Å²) in [4.78, 5) is 33.1. The summed E-state index contributed by atoms with van der Waals surface area (Å²) in [5.74, 6) is 1.43. The summed E-state index contributed by atoms with van der Waals surface area (Å²) in [6.07, 6.45) is 4.26. The van der Waals surface area contributed by atoms with Gasteiger partial charge in [0.15, 0.2) is 0 Å². The monoisotopic (exact) mass is 436 g/mol. The molecule has 162 valence electrons. The number of hydrogen-bond donors (Lipinski definition) is 1. The van der Waals surface area contributed by atoms with Gasteiger partial charge in [0, 0.05) is 19.6 Å². The third kappa shape index (κ3) is 4.37. The van der Waals surface area contributed by atoms with Gasteiger partial charge in [-0.2, -0.15) is 0 Å². The normalized spacial score (nSPS) is 19.0. The average molecular weight is 437 g/mol. The van der Waals surface area contributed by atoms with Crippen LogP contribution >= 0.6 is 11.3 Å². The number of carbonyl (C=O) groups is 1. The van der Waals surface area contributed by atoms with Gasteiger partial charge in [-0.05, 0) is 55.5 Å². The summed E-state index contributed by atoms with van der Waals surface area (Å²) >= 11 is 1.44. The molecular weight excluding hydrogens is 408 g/mol. The molecule has 1 saturated heterocycles. The number of piperidine rings is 1. The number of aromatic nitrogens is 2. The molecule has 6 nitrogen and oxygen atoms in total. The lowest BCUT2D eigenvalue weighted by Gasteiger charge is -2.34. The maximum absolute atomic E-state index is 13.4. The summed E-state index contributed by atoms with van der Waals surface area (Å²) in [7, 11) is 0. The minimum Gasteiger partial charge on any atom is -0.356 e. The highest BCUT2D eigenvalue weighted by Crippen LogP contribution is 2.28. The summed E-state index contributed by atoms with van der Waals surface area (Å²) in [6, 6.07) is 10.2. The van der Waals surface area contributed by atoms with Gasteiger partial charge in [0.25, 0.3) is 5.56 Å². The number of nitrogens with one attached hydrogen (secondary N) is 1. The molecule has 0 radical (unpaired) electrons. The summed E-state index contributed by atoms with van der Waals surface area (Å²) < 4.78 is 2.47. The van der Waals surface area contributed by atoms with Crippen molar-refractivity contribution in [3.63, 3.8) is 0 Å². The lowest BCUT2D eigenvalue weighted by Crippen LogP contribution is -2.45. The fourth-order valence-corrected chi connectivity index (χ4v) is 5.05. The molecule has 1 saturated carbocycles. The molecule has 1 aromatic carbocycles. The van der Waals surface area contributed by atoms with Crippen LogP contribution in [-0.2, 0) is 11.3 Å². The van der Waals surface area contributed by atoms with Crippen molar-refractivity contribution in [2.45, 2.75) is 39.2 Å². The highest BCUT2D eigenvalue weighted by atomic mass is 32.1. The van der Waals surface area contributed by atoms with Crippen LogP contribution in [0.4, 0.5) is 5.95 Å². The maximum Gasteiger partial charge on any atom is 0.273 e. The number of carbonyl (C=O) groups excluding carboxylic acids is 1. The van der Waals surface area contributed by atoms with Gasteiger partial charge in [0.05, 0.1) is 18.0 Å². The molecule has 1 aliphatic heterocycles. The summed E-state index contributed by atoms with van der Waals surface area (Å²) in [5.41, 5.74) is 3.00. The van der Waals surface area contributed by atoms with E-state index in [9.17, 15) is 9.59 Å². The number of benzene rings is 1. The Morgan fingerprint density at radius 1 is 1.19 bits per heavy atom. The Hall–Kier alpha value is -2.67. The number of nitrogens with zero attached hydrogens (tertiary/aromatic N) is 3. The Morgan fingerprint density at radius 3 is 2.77 bits per heavy atom. The largest absolute Gasteiger partial charge is 0.356 e. The van der Waals surface area contributed by atoms with Crippen molar-refractivity contribution >= 4 is 33.4 Å². The number of fused-ring (bicyclic) bond motifs is 1. The van der Waals surface area contributed by atoms with Crippen molar-refractivity contribution in [2.75, 3.05) is 24.5 Å². The minimum absolute atomic E-state index is 0.00381. The zero-order valence-electron chi connectivity index (χ0n) is 17.8. The van der Waals surface area contributed by atoms with Crippen molar-refractivity contribution < 1.29 is 4.79 Å². The Kier molecular flexibility index (Phi) is 5.52. The van der Waals surface area contributed by atoms with Gasteiger partial charge >= 0.3 is 0 Å². The predicted octanol–water partition coefficient (Wildman–Crippen LogP) is 3.56. The third-order valence-corrected chi connectivity index (χ3v) is 7.24. The number of thiophene rings is 1. The van der Waals surface area contributed by atoms with Crippen LogP contribution < -0.4 is 15.8 Å². The van der Waals surface area contributed by atoms with Crippen molar-refractivity contribution in [2.24, 2.45) is 11.8 Å². The van der Waals surface area contributed by atoms with Crippen LogP contribution in [0.5, 0.6) is 0 Å². The van der Waals surface area contributed by atoms with Gasteiger partial charge in [0.2, 0.25) is 11.9 Å². The van der Waals surface area contributed by atoms with E-state index in [4.69, 9.17) is 4.98 Å². The van der Waals surface area contributed by atoms with Gasteiger partial charge in [0.1, 0.15) is 4.70 Å². The molecule has 0 unspecified atom stereocenters. The molecular formula is C24H28N4O2S. The van der Waals surface area contributed by atoms with E-state index < -0.39 is 0 Å². The highest BCUT2D eigenvalue weighted by molar-refractivity contribution is 7.17. The first-order chi connectivity index (χ1) is 15.1. The molecule has 5 rings (SSSR count). The van der Waals surface area contributed by atoms with Crippen molar-refractivity contribution in [1.29, 1.82) is 0 Å². The van der Waals surface area contributed by atoms with E-state index in [0.29, 0.717) is 29.7 Å². The SMILES string of the molecule is Cc1ccc(Cn2c(N3CCC[C@H](C(=O)NCC4CC4)C3)nc3ccsc3c2=O)cc1. The lowest BCUT2D eigenvalue weighted by molar-refractivity contribution is -0.125. The molecule has 3 aromatic rings. The number of aryl methyl sites for hydroxylation is 1. The second-order valence-electron chi connectivity index (χ2n) is 8.90. The molecule has 1 N–H and O–H groups in total. The maximum atomic E-state index is 13.4. The zero-order chi connectivity index (χ0) is 21.4. The molecule has 1 atom stereocenters. The molecule has 2 aromatic heterocycles. The van der Waals surface area contributed by atoms with Crippen molar-refractivity contribution in [1.82, 2.24) is 14.9 Å². The van der Waals surface area contributed by atoms with E-state index in [0.717, 1.165) is 37.0 Å². The number of amides is 1. The van der Waals surface area contributed by atoms with Crippen LogP contribution in [0, 0.1) is 18.8 Å². The van der Waals surface area contributed by atoms with Gasteiger partial charge < -0.3 is 10.2 Å². The fraction of sp³-hybridized carbons (Fsp3) is 0.458. The minimum atomic E-state index is -0.0598. The number of hydrogen-bond acceptors (Lipinski definition) is 5. The molecule has 2 fully saturated rings. The lowest BCUT2D eigenvalue weighted by atomic mass is 9.97. The van der Waals surface area contributed by atoms with Gasteiger partial charge in [-0.1, -0.05) is 29.8 Å². The molecule has 3 heterocycles. The first-order valence-electron chi connectivity index (χ1n) is 11.1. The van der Waals surface area contributed by atoms with Crippen LogP contribution in [0.2, 0.25) is 0 Å². The van der Waals surface area contributed by atoms with Gasteiger partial charge in [-0.25, -0.2) is 4.98 Å². The Labute approximate surface area is 185 Å². The molecule has 31 heavy (non-hydrogen) atoms. The molecule has 1 aliphatic carbocycles. The molecule has 2 aliphatic rings. The molecule has 0 spiro atoms. The summed E-state index contributed by atoms with van der Waals surface area (Å²) in [5, 5.41) is 5.05.